The van der Waals surface area contributed by atoms with Gasteiger partial charge in [0.05, 0.1) is 12.0 Å². The average molecular weight is 269 g/mol. The van der Waals surface area contributed by atoms with Crippen molar-refractivity contribution in [3.63, 3.8) is 0 Å². The van der Waals surface area contributed by atoms with Crippen LogP contribution in [0.5, 0.6) is 0 Å². The summed E-state index contributed by atoms with van der Waals surface area (Å²) in [5.41, 5.74) is 4.17. The normalized spacial score (nSPS) is 20.2. The van der Waals surface area contributed by atoms with Crippen LogP contribution in [0.25, 0.3) is 0 Å². The Kier molecular flexibility index (Phi) is 3.88. The maximum atomic E-state index is 4.21. The molecular weight excluding hydrogens is 246 g/mol. The molecule has 1 aromatic carbocycles. The van der Waals surface area contributed by atoms with Crippen LogP contribution in [0.1, 0.15) is 35.6 Å². The molecule has 3 rings (SSSR count). The minimum atomic E-state index is 0.678. The molecule has 1 fully saturated rings. The number of nitrogens with zero attached hydrogens (tertiary/aromatic N) is 3. The van der Waals surface area contributed by atoms with Gasteiger partial charge >= 0.3 is 0 Å². The summed E-state index contributed by atoms with van der Waals surface area (Å²) in [6.07, 6.45) is 6.47. The molecule has 106 valence electrons. The van der Waals surface area contributed by atoms with Gasteiger partial charge in [-0.1, -0.05) is 29.8 Å². The van der Waals surface area contributed by atoms with E-state index in [-0.39, 0.29) is 0 Å². The minimum absolute atomic E-state index is 0.678. The molecule has 1 aromatic heterocycles. The van der Waals surface area contributed by atoms with Crippen molar-refractivity contribution in [1.29, 1.82) is 0 Å². The molecule has 20 heavy (non-hydrogen) atoms. The smallest absolute Gasteiger partial charge is 0.0945 e. The molecule has 1 unspecified atom stereocenters. The van der Waals surface area contributed by atoms with Crippen LogP contribution in [-0.4, -0.2) is 27.5 Å². The predicted molar refractivity (Wildman–Crippen MR) is 81.6 cm³/mol. The van der Waals surface area contributed by atoms with Crippen molar-refractivity contribution in [3.05, 3.63) is 53.6 Å². The van der Waals surface area contributed by atoms with Crippen LogP contribution < -0.4 is 0 Å². The average Bonchev–Trinajstić information content (AvgIpc) is 2.85. The molecule has 1 atom stereocenters. The highest BCUT2D eigenvalue weighted by Crippen LogP contribution is 2.28. The highest BCUT2D eigenvalue weighted by atomic mass is 15.2. The molecule has 0 N–H and O–H groups in total. The van der Waals surface area contributed by atoms with E-state index in [4.69, 9.17) is 0 Å². The maximum Gasteiger partial charge on any atom is 0.0945 e. The second kappa shape index (κ2) is 5.80. The first kappa shape index (κ1) is 13.4. The molecular formula is C17H23N3. The standard InChI is InChI=1S/C17H23N3/c1-14-5-3-6-15(9-14)16-7-4-8-20(11-16)12-17-10-18-13-19(17)2/h3,5-6,9-10,13,16H,4,7-8,11-12H2,1-2H3. The molecule has 3 nitrogen and oxygen atoms in total. The second-order valence-electron chi connectivity index (χ2n) is 5.98. The zero-order valence-corrected chi connectivity index (χ0v) is 12.4. The minimum Gasteiger partial charge on any atom is -0.337 e. The van der Waals surface area contributed by atoms with Gasteiger partial charge in [-0.2, -0.15) is 0 Å². The first-order valence-electron chi connectivity index (χ1n) is 7.46. The number of hydrogen-bond acceptors (Lipinski definition) is 2. The van der Waals surface area contributed by atoms with Gasteiger partial charge in [-0.3, -0.25) is 4.90 Å². The Balaban J connectivity index is 1.69. The summed E-state index contributed by atoms with van der Waals surface area (Å²) in [5, 5.41) is 0. The van der Waals surface area contributed by atoms with E-state index in [1.807, 2.05) is 12.5 Å². The highest BCUT2D eigenvalue weighted by molar-refractivity contribution is 5.26. The number of likely N-dealkylation sites (tertiary alicyclic amines) is 1. The molecule has 1 aliphatic heterocycles. The summed E-state index contributed by atoms with van der Waals surface area (Å²) in [6.45, 7) is 5.56. The van der Waals surface area contributed by atoms with Crippen LogP contribution in [0, 0.1) is 6.92 Å². The number of piperidine rings is 1. The first-order valence-corrected chi connectivity index (χ1v) is 7.46. The topological polar surface area (TPSA) is 21.1 Å². The fourth-order valence-electron chi connectivity index (χ4n) is 3.16. The van der Waals surface area contributed by atoms with Crippen molar-refractivity contribution in [2.45, 2.75) is 32.2 Å². The Morgan fingerprint density at radius 1 is 1.35 bits per heavy atom. The van der Waals surface area contributed by atoms with E-state index in [0.29, 0.717) is 5.92 Å². The van der Waals surface area contributed by atoms with Crippen molar-refractivity contribution >= 4 is 0 Å². The second-order valence-corrected chi connectivity index (χ2v) is 5.98. The third-order valence-corrected chi connectivity index (χ3v) is 4.32. The molecule has 0 aliphatic carbocycles. The van der Waals surface area contributed by atoms with Crippen molar-refractivity contribution < 1.29 is 0 Å². The summed E-state index contributed by atoms with van der Waals surface area (Å²) in [7, 11) is 2.07. The van der Waals surface area contributed by atoms with Crippen LogP contribution in [0.4, 0.5) is 0 Å². The van der Waals surface area contributed by atoms with Gasteiger partial charge in [0.2, 0.25) is 0 Å². The molecule has 1 aliphatic rings. The molecule has 2 aromatic rings. The lowest BCUT2D eigenvalue weighted by Crippen LogP contribution is -2.34. The van der Waals surface area contributed by atoms with Gasteiger partial charge in [0, 0.05) is 26.3 Å². The van der Waals surface area contributed by atoms with Gasteiger partial charge < -0.3 is 4.57 Å². The van der Waals surface area contributed by atoms with E-state index in [9.17, 15) is 0 Å². The summed E-state index contributed by atoms with van der Waals surface area (Å²) in [4.78, 5) is 6.78. The van der Waals surface area contributed by atoms with Crippen molar-refractivity contribution in [3.8, 4) is 0 Å². The van der Waals surface area contributed by atoms with Crippen LogP contribution in [0.2, 0.25) is 0 Å². The van der Waals surface area contributed by atoms with E-state index in [1.54, 1.807) is 0 Å². The Bertz CT molecular complexity index is 573. The van der Waals surface area contributed by atoms with Gasteiger partial charge in [0.15, 0.2) is 0 Å². The van der Waals surface area contributed by atoms with Crippen LogP contribution >= 0.6 is 0 Å². The van der Waals surface area contributed by atoms with Gasteiger partial charge in [-0.05, 0) is 37.8 Å². The van der Waals surface area contributed by atoms with Crippen LogP contribution in [0.15, 0.2) is 36.8 Å². The Morgan fingerprint density at radius 3 is 3.00 bits per heavy atom. The molecule has 2 heterocycles. The molecule has 0 radical (unpaired) electrons. The molecule has 0 saturated carbocycles. The lowest BCUT2D eigenvalue weighted by Gasteiger charge is -2.33. The van der Waals surface area contributed by atoms with E-state index in [2.05, 4.69) is 52.7 Å². The van der Waals surface area contributed by atoms with Gasteiger partial charge in [-0.15, -0.1) is 0 Å². The highest BCUT2D eigenvalue weighted by Gasteiger charge is 2.21. The number of aryl methyl sites for hydroxylation is 2. The van der Waals surface area contributed by atoms with E-state index in [1.165, 1.54) is 36.2 Å². The van der Waals surface area contributed by atoms with E-state index >= 15 is 0 Å². The number of aromatic nitrogens is 2. The summed E-state index contributed by atoms with van der Waals surface area (Å²) < 4.78 is 2.12. The monoisotopic (exact) mass is 269 g/mol. The van der Waals surface area contributed by atoms with Gasteiger partial charge in [0.1, 0.15) is 0 Å². The Hall–Kier alpha value is -1.61. The van der Waals surface area contributed by atoms with Gasteiger partial charge in [-0.25, -0.2) is 4.98 Å². The predicted octanol–water partition coefficient (Wildman–Crippen LogP) is 3.11. The number of hydrogen-bond donors (Lipinski definition) is 0. The van der Waals surface area contributed by atoms with E-state index < -0.39 is 0 Å². The third kappa shape index (κ3) is 2.93. The maximum absolute atomic E-state index is 4.21. The van der Waals surface area contributed by atoms with E-state index in [0.717, 1.165) is 13.1 Å². The van der Waals surface area contributed by atoms with Crippen LogP contribution in [-0.2, 0) is 13.6 Å². The fourth-order valence-corrected chi connectivity index (χ4v) is 3.16. The molecule has 1 saturated heterocycles. The zero-order valence-electron chi connectivity index (χ0n) is 12.4. The number of imidazole rings is 1. The quantitative estimate of drug-likeness (QED) is 0.853. The Morgan fingerprint density at radius 2 is 2.25 bits per heavy atom. The molecule has 0 spiro atoms. The zero-order chi connectivity index (χ0) is 13.9. The number of rotatable bonds is 3. The number of benzene rings is 1. The third-order valence-electron chi connectivity index (χ3n) is 4.32. The van der Waals surface area contributed by atoms with Crippen molar-refractivity contribution in [2.75, 3.05) is 13.1 Å². The molecule has 0 amide bonds. The Labute approximate surface area is 121 Å². The molecule has 0 bridgehead atoms. The van der Waals surface area contributed by atoms with Gasteiger partial charge in [0.25, 0.3) is 0 Å². The lowest BCUT2D eigenvalue weighted by atomic mass is 9.90. The first-order chi connectivity index (χ1) is 9.72. The summed E-state index contributed by atoms with van der Waals surface area (Å²) in [5.74, 6) is 0.678. The summed E-state index contributed by atoms with van der Waals surface area (Å²) in [6, 6.07) is 8.99. The SMILES string of the molecule is Cc1cccc(C2CCCN(Cc3cncn3C)C2)c1. The van der Waals surface area contributed by atoms with Crippen LogP contribution in [0.3, 0.4) is 0 Å². The molecule has 3 heteroatoms. The van der Waals surface area contributed by atoms with Crippen molar-refractivity contribution in [1.82, 2.24) is 14.5 Å². The largest absolute Gasteiger partial charge is 0.337 e. The van der Waals surface area contributed by atoms with Crippen molar-refractivity contribution in [2.24, 2.45) is 7.05 Å². The fraction of sp³-hybridized carbons (Fsp3) is 0.471. The summed E-state index contributed by atoms with van der Waals surface area (Å²) >= 11 is 0. The lowest BCUT2D eigenvalue weighted by molar-refractivity contribution is 0.196.